The van der Waals surface area contributed by atoms with Crippen molar-refractivity contribution in [1.82, 2.24) is 0 Å². The number of carbonyl (C=O) groups excluding carboxylic acids is 1. The number of methoxy groups -OCH3 is 1. The summed E-state index contributed by atoms with van der Waals surface area (Å²) in [6.07, 6.45) is -1.35. The molecule has 106 valence electrons. The first-order valence-electron chi connectivity index (χ1n) is 8.31. The van der Waals surface area contributed by atoms with Crippen LogP contribution in [-0.2, 0) is 9.53 Å². The first kappa shape index (κ1) is 10.6. The van der Waals surface area contributed by atoms with Gasteiger partial charge in [-0.25, -0.2) is 0 Å². The van der Waals surface area contributed by atoms with E-state index in [1.54, 1.807) is 0 Å². The second kappa shape index (κ2) is 4.73. The first-order chi connectivity index (χ1) is 11.1. The SMILES string of the molecule is [2H]C([2H])(C(=O)OC)[C@@H]1CC2c3ccccc3C1c1ccccc12. The van der Waals surface area contributed by atoms with Gasteiger partial charge in [0.15, 0.2) is 0 Å². The lowest BCUT2D eigenvalue weighted by Gasteiger charge is -2.45. The Morgan fingerprint density at radius 3 is 2.14 bits per heavy atom. The van der Waals surface area contributed by atoms with Crippen molar-refractivity contribution in [2.45, 2.75) is 24.6 Å². The summed E-state index contributed by atoms with van der Waals surface area (Å²) in [5.41, 5.74) is 4.85. The molecule has 21 heavy (non-hydrogen) atoms. The lowest BCUT2D eigenvalue weighted by atomic mass is 9.58. The van der Waals surface area contributed by atoms with Crippen LogP contribution >= 0.6 is 0 Å². The molecule has 0 fully saturated rings. The Morgan fingerprint density at radius 2 is 1.62 bits per heavy atom. The van der Waals surface area contributed by atoms with E-state index in [-0.39, 0.29) is 11.8 Å². The summed E-state index contributed by atoms with van der Waals surface area (Å²) in [6.45, 7) is 0. The predicted octanol–water partition coefficient (Wildman–Crippen LogP) is 3.85. The molecule has 3 aliphatic rings. The van der Waals surface area contributed by atoms with Crippen LogP contribution in [0, 0.1) is 5.92 Å². The van der Waals surface area contributed by atoms with Gasteiger partial charge in [-0.15, -0.1) is 0 Å². The highest BCUT2D eigenvalue weighted by molar-refractivity contribution is 5.70. The molecule has 2 heteroatoms. The number of benzene rings is 2. The van der Waals surface area contributed by atoms with E-state index in [4.69, 9.17) is 7.48 Å². The average Bonchev–Trinajstić information content (AvgIpc) is 2.61. The minimum Gasteiger partial charge on any atom is -0.469 e. The van der Waals surface area contributed by atoms with Crippen molar-refractivity contribution < 1.29 is 12.3 Å². The number of carbonyl (C=O) groups is 1. The van der Waals surface area contributed by atoms with Gasteiger partial charge in [0.05, 0.1) is 7.11 Å². The van der Waals surface area contributed by atoms with E-state index in [0.29, 0.717) is 6.42 Å². The topological polar surface area (TPSA) is 26.3 Å². The fourth-order valence-electron chi connectivity index (χ4n) is 3.99. The minimum atomic E-state index is -1.99. The molecule has 2 bridgehead atoms. The van der Waals surface area contributed by atoms with Crippen LogP contribution in [0.4, 0.5) is 0 Å². The zero-order chi connectivity index (χ0) is 16.2. The summed E-state index contributed by atoms with van der Waals surface area (Å²) in [7, 11) is 1.25. The van der Waals surface area contributed by atoms with Gasteiger partial charge in [-0.2, -0.15) is 0 Å². The van der Waals surface area contributed by atoms with Crippen molar-refractivity contribution in [3.8, 4) is 0 Å². The third-order valence-corrected chi connectivity index (χ3v) is 4.79. The molecule has 0 saturated carbocycles. The lowest BCUT2D eigenvalue weighted by Crippen LogP contribution is -2.33. The third kappa shape index (κ3) is 1.82. The van der Waals surface area contributed by atoms with Crippen molar-refractivity contribution >= 4 is 5.97 Å². The summed E-state index contributed by atoms with van der Waals surface area (Å²) in [4.78, 5) is 12.0. The Bertz CT molecular complexity index is 737. The minimum absolute atomic E-state index is 0.0958. The molecule has 0 amide bonds. The highest BCUT2D eigenvalue weighted by Crippen LogP contribution is 2.56. The van der Waals surface area contributed by atoms with E-state index in [0.717, 1.165) is 11.1 Å². The molecule has 3 aliphatic carbocycles. The van der Waals surface area contributed by atoms with Gasteiger partial charge in [0.1, 0.15) is 0 Å². The molecule has 0 unspecified atom stereocenters. The van der Waals surface area contributed by atoms with Crippen LogP contribution < -0.4 is 0 Å². The number of fused-ring (bicyclic) bond motifs is 1. The summed E-state index contributed by atoms with van der Waals surface area (Å²) in [5, 5.41) is 0. The van der Waals surface area contributed by atoms with Crippen LogP contribution in [0.25, 0.3) is 0 Å². The highest BCUT2D eigenvalue weighted by Gasteiger charge is 2.43. The molecule has 2 aromatic carbocycles. The molecule has 2 nitrogen and oxygen atoms in total. The maximum Gasteiger partial charge on any atom is 0.305 e. The molecule has 0 spiro atoms. The Balaban J connectivity index is 1.91. The summed E-state index contributed by atoms with van der Waals surface area (Å²) in [6, 6.07) is 16.5. The van der Waals surface area contributed by atoms with Crippen molar-refractivity contribution in [1.29, 1.82) is 0 Å². The third-order valence-electron chi connectivity index (χ3n) is 4.79. The second-order valence-electron chi connectivity index (χ2n) is 5.77. The van der Waals surface area contributed by atoms with Crippen molar-refractivity contribution in [2.75, 3.05) is 7.11 Å². The van der Waals surface area contributed by atoms with Gasteiger partial charge in [-0.05, 0) is 34.6 Å². The largest absolute Gasteiger partial charge is 0.469 e. The van der Waals surface area contributed by atoms with Crippen molar-refractivity contribution in [2.24, 2.45) is 5.92 Å². The summed E-state index contributed by atoms with van der Waals surface area (Å²) < 4.78 is 21.4. The maximum atomic E-state index is 12.0. The Hall–Kier alpha value is -2.09. The molecule has 0 heterocycles. The number of esters is 1. The van der Waals surface area contributed by atoms with E-state index < -0.39 is 18.3 Å². The molecule has 0 aliphatic heterocycles. The van der Waals surface area contributed by atoms with Crippen LogP contribution in [0.2, 0.25) is 0 Å². The molecule has 0 radical (unpaired) electrons. The highest BCUT2D eigenvalue weighted by atomic mass is 16.5. The lowest BCUT2D eigenvalue weighted by molar-refractivity contribution is -0.142. The number of hydrogen-bond acceptors (Lipinski definition) is 2. The molecular weight excluding hydrogens is 260 g/mol. The fourth-order valence-corrected chi connectivity index (χ4v) is 3.99. The van der Waals surface area contributed by atoms with Gasteiger partial charge in [-0.3, -0.25) is 4.79 Å². The number of ether oxygens (including phenoxy) is 1. The van der Waals surface area contributed by atoms with Gasteiger partial charge < -0.3 is 4.74 Å². The van der Waals surface area contributed by atoms with Gasteiger partial charge in [0, 0.05) is 21.0 Å². The van der Waals surface area contributed by atoms with E-state index in [9.17, 15) is 4.79 Å². The monoisotopic (exact) mass is 280 g/mol. The summed E-state index contributed by atoms with van der Waals surface area (Å²) >= 11 is 0. The Labute approximate surface area is 127 Å². The fraction of sp³-hybridized carbons (Fsp3) is 0.316. The first-order valence-corrected chi connectivity index (χ1v) is 7.31. The van der Waals surface area contributed by atoms with Crippen LogP contribution in [0.5, 0.6) is 0 Å². The van der Waals surface area contributed by atoms with Gasteiger partial charge in [0.25, 0.3) is 0 Å². The number of rotatable bonds is 2. The molecular formula is C19H18O2. The molecule has 2 aromatic rings. The van der Waals surface area contributed by atoms with Gasteiger partial charge in [-0.1, -0.05) is 48.5 Å². The zero-order valence-corrected chi connectivity index (χ0v) is 11.9. The molecule has 0 N–H and O–H groups in total. The Morgan fingerprint density at radius 1 is 1.10 bits per heavy atom. The smallest absolute Gasteiger partial charge is 0.305 e. The molecule has 1 atom stereocenters. The average molecular weight is 280 g/mol. The van der Waals surface area contributed by atoms with E-state index in [2.05, 4.69) is 24.3 Å². The van der Waals surface area contributed by atoms with Crippen LogP contribution in [0.15, 0.2) is 48.5 Å². The zero-order valence-electron chi connectivity index (χ0n) is 13.9. The predicted molar refractivity (Wildman–Crippen MR) is 81.3 cm³/mol. The maximum absolute atomic E-state index is 12.0. The quantitative estimate of drug-likeness (QED) is 0.781. The van der Waals surface area contributed by atoms with Crippen LogP contribution in [-0.4, -0.2) is 13.1 Å². The van der Waals surface area contributed by atoms with Crippen molar-refractivity contribution in [3.05, 3.63) is 70.8 Å². The van der Waals surface area contributed by atoms with E-state index in [1.807, 2.05) is 24.3 Å². The molecule has 0 saturated heterocycles. The normalized spacial score (nSPS) is 27.2. The standard InChI is InChI=1S/C19H18O2/c1-21-18(20)11-12-10-17-13-6-2-4-8-15(13)19(12)16-9-5-3-7-14(16)17/h2-9,12,17,19H,10-11H2,1H3/t12-,17?,19?/m0/s1/i11D2. The number of hydrogen-bond donors (Lipinski definition) is 0. The van der Waals surface area contributed by atoms with E-state index >= 15 is 0 Å². The molecule has 0 aromatic heterocycles. The summed E-state index contributed by atoms with van der Waals surface area (Å²) in [5.74, 6) is -1.12. The van der Waals surface area contributed by atoms with Crippen LogP contribution in [0.1, 0.15) is 49.6 Å². The molecule has 5 rings (SSSR count). The second-order valence-corrected chi connectivity index (χ2v) is 5.77. The van der Waals surface area contributed by atoms with Crippen LogP contribution in [0.3, 0.4) is 0 Å². The van der Waals surface area contributed by atoms with Gasteiger partial charge >= 0.3 is 5.97 Å². The van der Waals surface area contributed by atoms with Gasteiger partial charge in [0.2, 0.25) is 0 Å². The van der Waals surface area contributed by atoms with Crippen molar-refractivity contribution in [3.63, 3.8) is 0 Å². The Kier molecular flexibility index (Phi) is 2.39. The van der Waals surface area contributed by atoms with E-state index in [1.165, 1.54) is 18.2 Å².